The first-order chi connectivity index (χ1) is 14.4. The number of halogens is 1. The van der Waals surface area contributed by atoms with E-state index in [1.807, 2.05) is 29.0 Å². The highest BCUT2D eigenvalue weighted by Crippen LogP contribution is 2.30. The number of piperidine rings is 1. The monoisotopic (exact) mass is 428 g/mol. The molecular weight excluding hydrogens is 403 g/mol. The molecule has 1 aliphatic heterocycles. The molecule has 8 heteroatoms. The lowest BCUT2D eigenvalue weighted by molar-refractivity contribution is 0.312. The fourth-order valence-corrected chi connectivity index (χ4v) is 5.42. The maximum absolute atomic E-state index is 13.2. The zero-order valence-corrected chi connectivity index (χ0v) is 17.9. The van der Waals surface area contributed by atoms with Gasteiger partial charge in [-0.2, -0.15) is 4.31 Å². The predicted octanol–water partition coefficient (Wildman–Crippen LogP) is 4.10. The first-order valence-corrected chi connectivity index (χ1v) is 11.6. The van der Waals surface area contributed by atoms with Crippen molar-refractivity contribution >= 4 is 10.0 Å². The van der Waals surface area contributed by atoms with Crippen molar-refractivity contribution in [1.29, 1.82) is 0 Å². The van der Waals surface area contributed by atoms with Gasteiger partial charge in [0.15, 0.2) is 0 Å². The van der Waals surface area contributed by atoms with Gasteiger partial charge >= 0.3 is 0 Å². The Bertz CT molecular complexity index is 1130. The third-order valence-electron chi connectivity index (χ3n) is 5.44. The average molecular weight is 429 g/mol. The Morgan fingerprint density at radius 3 is 2.63 bits per heavy atom. The summed E-state index contributed by atoms with van der Waals surface area (Å²) in [6.07, 6.45) is 5.28. The highest BCUT2D eigenvalue weighted by Gasteiger charge is 2.31. The molecule has 158 valence electrons. The second-order valence-corrected chi connectivity index (χ2v) is 9.82. The third kappa shape index (κ3) is 4.02. The molecule has 1 aromatic carbocycles. The predicted molar refractivity (Wildman–Crippen MR) is 113 cm³/mol. The van der Waals surface area contributed by atoms with E-state index in [-0.39, 0.29) is 16.7 Å². The highest BCUT2D eigenvalue weighted by molar-refractivity contribution is 7.89. The molecule has 0 bridgehead atoms. The SMILES string of the molecule is CC(C)c1nccn1-c1cccc(C2CCCN(S(=O)(=O)c3ccc(F)cc3)C2)n1. The van der Waals surface area contributed by atoms with E-state index >= 15 is 0 Å². The van der Waals surface area contributed by atoms with E-state index in [1.54, 1.807) is 6.20 Å². The summed E-state index contributed by atoms with van der Waals surface area (Å²) >= 11 is 0. The van der Waals surface area contributed by atoms with E-state index in [9.17, 15) is 12.8 Å². The molecule has 0 radical (unpaired) electrons. The first kappa shape index (κ1) is 20.7. The molecule has 1 aliphatic rings. The van der Waals surface area contributed by atoms with Gasteiger partial charge in [-0.05, 0) is 49.2 Å². The first-order valence-electron chi connectivity index (χ1n) is 10.1. The lowest BCUT2D eigenvalue weighted by Gasteiger charge is -2.31. The molecular formula is C22H25FN4O2S. The van der Waals surface area contributed by atoms with Crippen LogP contribution in [-0.4, -0.2) is 40.3 Å². The van der Waals surface area contributed by atoms with Crippen LogP contribution in [0, 0.1) is 5.82 Å². The molecule has 0 N–H and O–H groups in total. The third-order valence-corrected chi connectivity index (χ3v) is 7.32. The van der Waals surface area contributed by atoms with Crippen molar-refractivity contribution in [3.05, 3.63) is 72.2 Å². The van der Waals surface area contributed by atoms with Gasteiger partial charge in [-0.1, -0.05) is 19.9 Å². The molecule has 30 heavy (non-hydrogen) atoms. The Morgan fingerprint density at radius 1 is 1.13 bits per heavy atom. The van der Waals surface area contributed by atoms with Crippen LogP contribution < -0.4 is 0 Å². The van der Waals surface area contributed by atoms with Crippen molar-refractivity contribution in [1.82, 2.24) is 18.8 Å². The largest absolute Gasteiger partial charge is 0.288 e. The lowest BCUT2D eigenvalue weighted by atomic mass is 9.95. The summed E-state index contributed by atoms with van der Waals surface area (Å²) in [6, 6.07) is 10.8. The van der Waals surface area contributed by atoms with E-state index in [2.05, 4.69) is 18.8 Å². The van der Waals surface area contributed by atoms with Crippen LogP contribution in [0.25, 0.3) is 5.82 Å². The quantitative estimate of drug-likeness (QED) is 0.614. The van der Waals surface area contributed by atoms with Crippen LogP contribution in [0.2, 0.25) is 0 Å². The maximum Gasteiger partial charge on any atom is 0.243 e. The molecule has 0 aliphatic carbocycles. The number of hydrogen-bond acceptors (Lipinski definition) is 4. The number of benzene rings is 1. The summed E-state index contributed by atoms with van der Waals surface area (Å²) in [4.78, 5) is 9.38. The van der Waals surface area contributed by atoms with E-state index in [1.165, 1.54) is 28.6 Å². The maximum atomic E-state index is 13.2. The van der Waals surface area contributed by atoms with E-state index in [0.29, 0.717) is 13.1 Å². The van der Waals surface area contributed by atoms with Crippen LogP contribution in [0.3, 0.4) is 0 Å². The minimum atomic E-state index is -3.67. The summed E-state index contributed by atoms with van der Waals surface area (Å²) in [5.74, 6) is 1.53. The molecule has 0 saturated carbocycles. The summed E-state index contributed by atoms with van der Waals surface area (Å²) in [5, 5.41) is 0. The molecule has 1 unspecified atom stereocenters. The zero-order chi connectivity index (χ0) is 21.3. The second kappa shape index (κ2) is 8.28. The lowest BCUT2D eigenvalue weighted by Crippen LogP contribution is -2.39. The number of hydrogen-bond donors (Lipinski definition) is 0. The van der Waals surface area contributed by atoms with Gasteiger partial charge in [0.2, 0.25) is 10.0 Å². The molecule has 1 atom stereocenters. The summed E-state index contributed by atoms with van der Waals surface area (Å²) in [6.45, 7) is 4.98. The molecule has 4 rings (SSSR count). The van der Waals surface area contributed by atoms with E-state index < -0.39 is 15.8 Å². The fourth-order valence-electron chi connectivity index (χ4n) is 3.89. The molecule has 3 aromatic rings. The van der Waals surface area contributed by atoms with Gasteiger partial charge < -0.3 is 0 Å². The van der Waals surface area contributed by atoms with Gasteiger partial charge in [0.1, 0.15) is 17.5 Å². The number of sulfonamides is 1. The summed E-state index contributed by atoms with van der Waals surface area (Å²) in [5.41, 5.74) is 0.870. The zero-order valence-electron chi connectivity index (χ0n) is 17.1. The summed E-state index contributed by atoms with van der Waals surface area (Å²) < 4.78 is 42.7. The molecule has 6 nitrogen and oxygen atoms in total. The number of aromatic nitrogens is 3. The normalized spacial score (nSPS) is 18.1. The van der Waals surface area contributed by atoms with Crippen molar-refractivity contribution in [3.63, 3.8) is 0 Å². The second-order valence-electron chi connectivity index (χ2n) is 7.89. The van der Waals surface area contributed by atoms with Gasteiger partial charge in [-0.15, -0.1) is 0 Å². The van der Waals surface area contributed by atoms with Crippen LogP contribution in [0.5, 0.6) is 0 Å². The average Bonchev–Trinajstić information content (AvgIpc) is 3.25. The van der Waals surface area contributed by atoms with Crippen molar-refractivity contribution in [3.8, 4) is 5.82 Å². The molecule has 3 heterocycles. The van der Waals surface area contributed by atoms with Crippen molar-refractivity contribution < 1.29 is 12.8 Å². The van der Waals surface area contributed by atoms with Crippen LogP contribution >= 0.6 is 0 Å². The number of rotatable bonds is 5. The Morgan fingerprint density at radius 2 is 1.90 bits per heavy atom. The molecule has 0 amide bonds. The van der Waals surface area contributed by atoms with Crippen LogP contribution in [-0.2, 0) is 10.0 Å². The van der Waals surface area contributed by atoms with E-state index in [4.69, 9.17) is 4.98 Å². The molecule has 0 spiro atoms. The number of pyridine rings is 1. The van der Waals surface area contributed by atoms with Crippen LogP contribution in [0.1, 0.15) is 50.0 Å². The Kier molecular flexibility index (Phi) is 5.71. The number of imidazole rings is 1. The topological polar surface area (TPSA) is 68.1 Å². The molecule has 1 saturated heterocycles. The highest BCUT2D eigenvalue weighted by atomic mass is 32.2. The minimum absolute atomic E-state index is 0.0000511. The van der Waals surface area contributed by atoms with Crippen LogP contribution in [0.4, 0.5) is 4.39 Å². The van der Waals surface area contributed by atoms with Crippen molar-refractivity contribution in [2.75, 3.05) is 13.1 Å². The Hall–Kier alpha value is -2.58. The number of nitrogens with zero attached hydrogens (tertiary/aromatic N) is 4. The van der Waals surface area contributed by atoms with E-state index in [0.717, 1.165) is 30.2 Å². The van der Waals surface area contributed by atoms with Crippen molar-refractivity contribution in [2.24, 2.45) is 0 Å². The Balaban J connectivity index is 1.59. The van der Waals surface area contributed by atoms with Gasteiger partial charge in [0.05, 0.1) is 4.90 Å². The smallest absolute Gasteiger partial charge is 0.243 e. The molecule has 2 aromatic heterocycles. The van der Waals surface area contributed by atoms with Gasteiger partial charge in [0, 0.05) is 43.0 Å². The van der Waals surface area contributed by atoms with Gasteiger partial charge in [-0.3, -0.25) is 4.57 Å². The van der Waals surface area contributed by atoms with Gasteiger partial charge in [-0.25, -0.2) is 22.8 Å². The van der Waals surface area contributed by atoms with Gasteiger partial charge in [0.25, 0.3) is 0 Å². The standard InChI is InChI=1S/C22H25FN4O2S/c1-16(2)22-24-12-14-27(22)21-7-3-6-20(25-21)17-5-4-13-26(15-17)30(28,29)19-10-8-18(23)9-11-19/h3,6-12,14,16-17H,4-5,13,15H2,1-2H3. The fraction of sp³-hybridized carbons (Fsp3) is 0.364. The van der Waals surface area contributed by atoms with Crippen LogP contribution in [0.15, 0.2) is 59.8 Å². The minimum Gasteiger partial charge on any atom is -0.288 e. The van der Waals surface area contributed by atoms with Crippen molar-refractivity contribution in [2.45, 2.75) is 43.4 Å². The Labute approximate surface area is 176 Å². The molecule has 1 fully saturated rings. The summed E-state index contributed by atoms with van der Waals surface area (Å²) in [7, 11) is -3.67.